The Bertz CT molecular complexity index is 1720. The summed E-state index contributed by atoms with van der Waals surface area (Å²) < 4.78 is 23.5. The Morgan fingerprint density at radius 2 is 1.73 bits per heavy atom. The van der Waals surface area contributed by atoms with Crippen LogP contribution in [-0.2, 0) is 37.0 Å². The number of nitrogens with one attached hydrogen (secondary N) is 2. The van der Waals surface area contributed by atoms with Gasteiger partial charge in [0, 0.05) is 22.9 Å². The summed E-state index contributed by atoms with van der Waals surface area (Å²) in [7, 11) is 1.21. The molecule has 12 nitrogen and oxygen atoms in total. The first kappa shape index (κ1) is 30.8. The summed E-state index contributed by atoms with van der Waals surface area (Å²) in [4.78, 5) is 49.4. The van der Waals surface area contributed by atoms with E-state index >= 15 is 4.39 Å². The van der Waals surface area contributed by atoms with Crippen LogP contribution in [0.15, 0.2) is 36.5 Å². The second-order valence-electron chi connectivity index (χ2n) is 11.2. The number of fused-ring (bicyclic) bond motifs is 2. The highest BCUT2D eigenvalue weighted by Crippen LogP contribution is 2.35. The van der Waals surface area contributed by atoms with Crippen LogP contribution in [-0.4, -0.2) is 87.9 Å². The van der Waals surface area contributed by atoms with E-state index in [1.54, 1.807) is 26.1 Å². The van der Waals surface area contributed by atoms with Gasteiger partial charge in [0.1, 0.15) is 24.7 Å². The Labute approximate surface area is 253 Å². The maximum absolute atomic E-state index is 15.6. The molecular formula is C31H36FN7O5. The molecule has 13 heteroatoms. The highest BCUT2D eigenvalue weighted by molar-refractivity contribution is 5.99. The van der Waals surface area contributed by atoms with E-state index in [9.17, 15) is 19.2 Å². The lowest BCUT2D eigenvalue weighted by molar-refractivity contribution is -0.141. The summed E-state index contributed by atoms with van der Waals surface area (Å²) >= 11 is 0. The number of carbonyl (C=O) groups is 4. The van der Waals surface area contributed by atoms with Crippen molar-refractivity contribution in [2.24, 2.45) is 5.92 Å². The molecular weight excluding hydrogens is 569 g/mol. The lowest BCUT2D eigenvalue weighted by Crippen LogP contribution is -2.40. The standard InChI is InChI=1S/C31H36FN7O5/c1-19(40)16-37-9-7-21(8-10-37)17-38-27-12-24(25(32)11-22(27)13-35-38)23-5-4-6-26-31(23)20(2)36-39(26)18-29(42)33-14-28(41)34-15-30(43)44-3/h4-6,11-13,21H,7-10,14-18H2,1-3H3,(H,33,42)(H,34,41). The van der Waals surface area contributed by atoms with Gasteiger partial charge in [-0.2, -0.15) is 10.2 Å². The fourth-order valence-corrected chi connectivity index (χ4v) is 5.78. The van der Waals surface area contributed by atoms with Gasteiger partial charge in [-0.1, -0.05) is 12.1 Å². The van der Waals surface area contributed by atoms with Crippen LogP contribution >= 0.6 is 0 Å². The molecule has 0 saturated carbocycles. The number of esters is 1. The Morgan fingerprint density at radius 1 is 0.977 bits per heavy atom. The van der Waals surface area contributed by atoms with Crippen molar-refractivity contribution in [2.75, 3.05) is 39.8 Å². The molecule has 0 atom stereocenters. The molecule has 0 spiro atoms. The van der Waals surface area contributed by atoms with Crippen LogP contribution in [0.2, 0.25) is 0 Å². The average molecular weight is 606 g/mol. The summed E-state index contributed by atoms with van der Waals surface area (Å²) in [6, 6.07) is 8.77. The number of halogens is 1. The number of nitrogens with zero attached hydrogens (tertiary/aromatic N) is 5. The Hall–Kier alpha value is -4.65. The quantitative estimate of drug-likeness (QED) is 0.248. The van der Waals surface area contributed by atoms with Crippen LogP contribution < -0.4 is 10.6 Å². The predicted molar refractivity (Wildman–Crippen MR) is 161 cm³/mol. The summed E-state index contributed by atoms with van der Waals surface area (Å²) in [5.41, 5.74) is 3.17. The first-order valence-electron chi connectivity index (χ1n) is 14.6. The van der Waals surface area contributed by atoms with Gasteiger partial charge in [0.15, 0.2) is 0 Å². The topological polar surface area (TPSA) is 140 Å². The van der Waals surface area contributed by atoms with Gasteiger partial charge >= 0.3 is 5.97 Å². The SMILES string of the molecule is COC(=O)CNC(=O)CNC(=O)Cn1nc(C)c2c(-c3cc4c(cnn4CC4CCN(CC(C)=O)CC4)cc3F)cccc21. The van der Waals surface area contributed by atoms with Gasteiger partial charge in [0.2, 0.25) is 11.8 Å². The van der Waals surface area contributed by atoms with Crippen molar-refractivity contribution >= 4 is 45.4 Å². The molecule has 0 radical (unpaired) electrons. The number of hydrogen-bond acceptors (Lipinski definition) is 8. The van der Waals surface area contributed by atoms with E-state index in [0.29, 0.717) is 46.7 Å². The molecule has 44 heavy (non-hydrogen) atoms. The van der Waals surface area contributed by atoms with Gasteiger partial charge in [-0.15, -0.1) is 0 Å². The molecule has 1 aliphatic rings. The van der Waals surface area contributed by atoms with Gasteiger partial charge in [0.25, 0.3) is 0 Å². The van der Waals surface area contributed by atoms with Crippen molar-refractivity contribution in [3.05, 3.63) is 48.0 Å². The number of amides is 2. The Balaban J connectivity index is 1.34. The van der Waals surface area contributed by atoms with E-state index in [0.717, 1.165) is 36.8 Å². The second kappa shape index (κ2) is 13.3. The Morgan fingerprint density at radius 3 is 2.45 bits per heavy atom. The fraction of sp³-hybridized carbons (Fsp3) is 0.419. The van der Waals surface area contributed by atoms with Crippen molar-refractivity contribution in [3.8, 4) is 11.1 Å². The highest BCUT2D eigenvalue weighted by atomic mass is 19.1. The van der Waals surface area contributed by atoms with E-state index in [1.807, 2.05) is 22.9 Å². The molecule has 0 unspecified atom stereocenters. The van der Waals surface area contributed by atoms with Gasteiger partial charge < -0.3 is 15.4 Å². The molecule has 0 bridgehead atoms. The van der Waals surface area contributed by atoms with E-state index in [2.05, 4.69) is 30.5 Å². The normalized spacial score (nSPS) is 14.2. The van der Waals surface area contributed by atoms with E-state index in [1.165, 1.54) is 17.9 Å². The molecule has 2 aromatic heterocycles. The van der Waals surface area contributed by atoms with Crippen molar-refractivity contribution in [1.29, 1.82) is 0 Å². The van der Waals surface area contributed by atoms with E-state index < -0.39 is 17.8 Å². The number of Topliss-reactive ketones (excluding diaryl/α,β-unsaturated/α-hetero) is 1. The highest BCUT2D eigenvalue weighted by Gasteiger charge is 2.23. The lowest BCUT2D eigenvalue weighted by Gasteiger charge is -2.31. The van der Waals surface area contributed by atoms with Crippen LogP contribution in [0.25, 0.3) is 32.9 Å². The maximum atomic E-state index is 15.6. The van der Waals surface area contributed by atoms with Crippen molar-refractivity contribution < 1.29 is 28.3 Å². The van der Waals surface area contributed by atoms with Crippen molar-refractivity contribution in [1.82, 2.24) is 35.1 Å². The van der Waals surface area contributed by atoms with Gasteiger partial charge in [-0.05, 0) is 69.5 Å². The van der Waals surface area contributed by atoms with Gasteiger partial charge in [-0.25, -0.2) is 4.39 Å². The van der Waals surface area contributed by atoms with Crippen molar-refractivity contribution in [3.63, 3.8) is 0 Å². The van der Waals surface area contributed by atoms with Crippen LogP contribution in [0.5, 0.6) is 0 Å². The molecule has 1 fully saturated rings. The minimum absolute atomic E-state index is 0.155. The smallest absolute Gasteiger partial charge is 0.325 e. The zero-order valence-electron chi connectivity index (χ0n) is 25.1. The summed E-state index contributed by atoms with van der Waals surface area (Å²) in [6.45, 7) is 5.60. The minimum Gasteiger partial charge on any atom is -0.468 e. The summed E-state index contributed by atoms with van der Waals surface area (Å²) in [6.07, 6.45) is 3.61. The number of carbonyl (C=O) groups excluding carboxylic acids is 4. The van der Waals surface area contributed by atoms with E-state index in [-0.39, 0.29) is 31.2 Å². The molecule has 1 aliphatic heterocycles. The van der Waals surface area contributed by atoms with Gasteiger partial charge in [-0.3, -0.25) is 33.4 Å². The van der Waals surface area contributed by atoms with Crippen LogP contribution in [0.3, 0.4) is 0 Å². The predicted octanol–water partition coefficient (Wildman–Crippen LogP) is 2.21. The number of ketones is 1. The van der Waals surface area contributed by atoms with Crippen LogP contribution in [0, 0.1) is 18.7 Å². The molecule has 232 valence electrons. The third-order valence-corrected chi connectivity index (χ3v) is 7.96. The molecule has 2 aromatic carbocycles. The van der Waals surface area contributed by atoms with Crippen LogP contribution in [0.1, 0.15) is 25.5 Å². The molecule has 3 heterocycles. The molecule has 0 aliphatic carbocycles. The maximum Gasteiger partial charge on any atom is 0.325 e. The number of rotatable bonds is 11. The monoisotopic (exact) mass is 605 g/mol. The molecule has 2 N–H and O–H groups in total. The summed E-state index contributed by atoms with van der Waals surface area (Å²) in [5, 5.41) is 15.4. The third kappa shape index (κ3) is 6.94. The first-order chi connectivity index (χ1) is 21.1. The van der Waals surface area contributed by atoms with E-state index in [4.69, 9.17) is 0 Å². The zero-order valence-corrected chi connectivity index (χ0v) is 25.1. The molecule has 1 saturated heterocycles. The van der Waals surface area contributed by atoms with Crippen molar-refractivity contribution in [2.45, 2.75) is 39.8 Å². The molecule has 2 amide bonds. The van der Waals surface area contributed by atoms with Gasteiger partial charge in [0.05, 0.1) is 43.1 Å². The zero-order chi connectivity index (χ0) is 31.4. The largest absolute Gasteiger partial charge is 0.468 e. The number of ether oxygens (including phenoxy) is 1. The molecule has 5 rings (SSSR count). The number of methoxy groups -OCH3 is 1. The number of benzene rings is 2. The molecule has 4 aromatic rings. The number of hydrogen-bond donors (Lipinski definition) is 2. The number of aromatic nitrogens is 4. The minimum atomic E-state index is -0.596. The Kier molecular flexibility index (Phi) is 9.33. The lowest BCUT2D eigenvalue weighted by atomic mass is 9.96. The summed E-state index contributed by atoms with van der Waals surface area (Å²) in [5.74, 6) is -1.38. The van der Waals surface area contributed by atoms with Crippen LogP contribution in [0.4, 0.5) is 4.39 Å². The first-order valence-corrected chi connectivity index (χ1v) is 14.6. The number of aryl methyl sites for hydroxylation is 1. The number of piperidine rings is 1. The fourth-order valence-electron chi connectivity index (χ4n) is 5.78. The number of likely N-dealkylation sites (tertiary alicyclic amines) is 1. The third-order valence-electron chi connectivity index (χ3n) is 7.96. The second-order valence-corrected chi connectivity index (χ2v) is 11.2. The average Bonchev–Trinajstić information content (AvgIpc) is 3.54.